The molecule has 0 aromatic carbocycles. The van der Waals surface area contributed by atoms with Crippen LogP contribution in [0.2, 0.25) is 0 Å². The number of nitrogens with zero attached hydrogens (tertiary/aromatic N) is 2. The van der Waals surface area contributed by atoms with E-state index in [0.717, 1.165) is 17.5 Å². The van der Waals surface area contributed by atoms with Gasteiger partial charge in [0.2, 0.25) is 0 Å². The molecule has 1 N–H and O–H groups in total. The Bertz CT molecular complexity index is 292. The summed E-state index contributed by atoms with van der Waals surface area (Å²) < 4.78 is 0. The fraction of sp³-hybridized carbons (Fsp3) is 0.692. The SMILES string of the molecule is CCCNC(CSc1ncccn1)C(C)CC. The summed E-state index contributed by atoms with van der Waals surface area (Å²) in [6, 6.07) is 2.40. The van der Waals surface area contributed by atoms with Gasteiger partial charge in [-0.15, -0.1) is 0 Å². The van der Waals surface area contributed by atoms with E-state index in [9.17, 15) is 0 Å². The molecule has 0 aliphatic carbocycles. The lowest BCUT2D eigenvalue weighted by Crippen LogP contribution is -2.37. The van der Waals surface area contributed by atoms with Crippen LogP contribution in [-0.2, 0) is 0 Å². The van der Waals surface area contributed by atoms with E-state index in [2.05, 4.69) is 36.1 Å². The molecule has 0 amide bonds. The first-order chi connectivity index (χ1) is 8.27. The first-order valence-electron chi connectivity index (χ1n) is 6.41. The van der Waals surface area contributed by atoms with Crippen LogP contribution in [-0.4, -0.2) is 28.3 Å². The minimum atomic E-state index is 0.550. The quantitative estimate of drug-likeness (QED) is 0.571. The molecule has 1 heterocycles. The maximum atomic E-state index is 4.24. The fourth-order valence-corrected chi connectivity index (χ4v) is 2.61. The summed E-state index contributed by atoms with van der Waals surface area (Å²) in [5.74, 6) is 1.73. The second-order valence-electron chi connectivity index (χ2n) is 4.29. The molecule has 96 valence electrons. The van der Waals surface area contributed by atoms with Gasteiger partial charge in [0, 0.05) is 24.2 Å². The van der Waals surface area contributed by atoms with Gasteiger partial charge in [-0.05, 0) is 24.9 Å². The molecule has 1 aromatic heterocycles. The summed E-state index contributed by atoms with van der Waals surface area (Å²) in [6.07, 6.45) is 5.98. The largest absolute Gasteiger partial charge is 0.313 e. The van der Waals surface area contributed by atoms with E-state index in [0.29, 0.717) is 12.0 Å². The van der Waals surface area contributed by atoms with Crippen LogP contribution in [0.1, 0.15) is 33.6 Å². The van der Waals surface area contributed by atoms with Crippen LogP contribution in [0.5, 0.6) is 0 Å². The van der Waals surface area contributed by atoms with Gasteiger partial charge in [0.1, 0.15) is 0 Å². The van der Waals surface area contributed by atoms with E-state index in [4.69, 9.17) is 0 Å². The Kier molecular flexibility index (Phi) is 7.21. The molecule has 2 atom stereocenters. The van der Waals surface area contributed by atoms with Gasteiger partial charge < -0.3 is 5.32 Å². The Morgan fingerprint density at radius 1 is 1.29 bits per heavy atom. The summed E-state index contributed by atoms with van der Waals surface area (Å²) in [5.41, 5.74) is 0. The highest BCUT2D eigenvalue weighted by Gasteiger charge is 2.15. The summed E-state index contributed by atoms with van der Waals surface area (Å²) in [7, 11) is 0. The molecular weight excluding hydrogens is 230 g/mol. The number of rotatable bonds is 8. The van der Waals surface area contributed by atoms with Crippen LogP contribution in [0.15, 0.2) is 23.6 Å². The molecule has 0 aliphatic rings. The standard InChI is InChI=1S/C13H23N3S/c1-4-7-14-12(11(3)5-2)10-17-13-15-8-6-9-16-13/h6,8-9,11-12,14H,4-5,7,10H2,1-3H3. The zero-order valence-electron chi connectivity index (χ0n) is 11.0. The fourth-order valence-electron chi connectivity index (χ4n) is 1.56. The van der Waals surface area contributed by atoms with Gasteiger partial charge in [0.15, 0.2) is 5.16 Å². The van der Waals surface area contributed by atoms with Gasteiger partial charge in [0.05, 0.1) is 0 Å². The molecular formula is C13H23N3S. The lowest BCUT2D eigenvalue weighted by atomic mass is 10.0. The van der Waals surface area contributed by atoms with Crippen molar-refractivity contribution in [3.8, 4) is 0 Å². The molecule has 0 spiro atoms. The number of aromatic nitrogens is 2. The maximum Gasteiger partial charge on any atom is 0.187 e. The number of thioether (sulfide) groups is 1. The van der Waals surface area contributed by atoms with Crippen LogP contribution in [0.3, 0.4) is 0 Å². The zero-order chi connectivity index (χ0) is 12.5. The third-order valence-electron chi connectivity index (χ3n) is 2.92. The molecule has 3 nitrogen and oxygen atoms in total. The molecule has 0 bridgehead atoms. The van der Waals surface area contributed by atoms with Crippen LogP contribution >= 0.6 is 11.8 Å². The predicted molar refractivity (Wildman–Crippen MR) is 74.3 cm³/mol. The van der Waals surface area contributed by atoms with E-state index in [1.807, 2.05) is 6.07 Å². The summed E-state index contributed by atoms with van der Waals surface area (Å²) in [4.78, 5) is 8.48. The minimum Gasteiger partial charge on any atom is -0.313 e. The van der Waals surface area contributed by atoms with E-state index in [1.165, 1.54) is 12.8 Å². The molecule has 0 saturated carbocycles. The van der Waals surface area contributed by atoms with Crippen LogP contribution in [0.4, 0.5) is 0 Å². The average molecular weight is 253 g/mol. The van der Waals surface area contributed by atoms with Crippen molar-refractivity contribution >= 4 is 11.8 Å². The van der Waals surface area contributed by atoms with Gasteiger partial charge in [-0.2, -0.15) is 0 Å². The number of nitrogens with one attached hydrogen (secondary N) is 1. The molecule has 0 saturated heterocycles. The summed E-state index contributed by atoms with van der Waals surface area (Å²) in [5, 5.41) is 4.49. The Morgan fingerprint density at radius 3 is 2.59 bits per heavy atom. The Hall–Kier alpha value is -0.610. The van der Waals surface area contributed by atoms with Crippen molar-refractivity contribution in [1.29, 1.82) is 0 Å². The highest BCUT2D eigenvalue weighted by atomic mass is 32.2. The molecule has 1 rings (SSSR count). The van der Waals surface area contributed by atoms with E-state index >= 15 is 0 Å². The van der Waals surface area contributed by atoms with Crippen molar-refractivity contribution in [2.24, 2.45) is 5.92 Å². The molecule has 1 aromatic rings. The topological polar surface area (TPSA) is 37.8 Å². The van der Waals surface area contributed by atoms with Gasteiger partial charge in [-0.1, -0.05) is 39.0 Å². The molecule has 0 radical (unpaired) electrons. The van der Waals surface area contributed by atoms with E-state index in [1.54, 1.807) is 24.2 Å². The minimum absolute atomic E-state index is 0.550. The van der Waals surface area contributed by atoms with Crippen LogP contribution in [0, 0.1) is 5.92 Å². The third-order valence-corrected chi connectivity index (χ3v) is 3.92. The summed E-state index contributed by atoms with van der Waals surface area (Å²) >= 11 is 1.74. The number of hydrogen-bond acceptors (Lipinski definition) is 4. The average Bonchev–Trinajstić information content (AvgIpc) is 2.39. The Labute approximate surface area is 109 Å². The van der Waals surface area contributed by atoms with Crippen molar-refractivity contribution < 1.29 is 0 Å². The predicted octanol–water partition coefficient (Wildman–Crippen LogP) is 2.98. The normalized spacial score (nSPS) is 14.5. The molecule has 2 unspecified atom stereocenters. The van der Waals surface area contributed by atoms with Crippen molar-refractivity contribution in [1.82, 2.24) is 15.3 Å². The second-order valence-corrected chi connectivity index (χ2v) is 5.28. The van der Waals surface area contributed by atoms with Crippen LogP contribution < -0.4 is 5.32 Å². The zero-order valence-corrected chi connectivity index (χ0v) is 11.8. The lowest BCUT2D eigenvalue weighted by molar-refractivity contribution is 0.396. The monoisotopic (exact) mass is 253 g/mol. The van der Waals surface area contributed by atoms with Gasteiger partial charge in [-0.3, -0.25) is 0 Å². The van der Waals surface area contributed by atoms with Crippen molar-refractivity contribution in [2.45, 2.75) is 44.8 Å². The first kappa shape index (κ1) is 14.5. The second kappa shape index (κ2) is 8.48. The van der Waals surface area contributed by atoms with Gasteiger partial charge >= 0.3 is 0 Å². The van der Waals surface area contributed by atoms with Crippen molar-refractivity contribution in [3.05, 3.63) is 18.5 Å². The van der Waals surface area contributed by atoms with E-state index in [-0.39, 0.29) is 0 Å². The molecule has 0 fully saturated rings. The van der Waals surface area contributed by atoms with E-state index < -0.39 is 0 Å². The maximum absolute atomic E-state index is 4.24. The van der Waals surface area contributed by atoms with Crippen LogP contribution in [0.25, 0.3) is 0 Å². The molecule has 0 aliphatic heterocycles. The van der Waals surface area contributed by atoms with Crippen molar-refractivity contribution in [3.63, 3.8) is 0 Å². The highest BCUT2D eigenvalue weighted by molar-refractivity contribution is 7.99. The van der Waals surface area contributed by atoms with Crippen molar-refractivity contribution in [2.75, 3.05) is 12.3 Å². The molecule has 17 heavy (non-hydrogen) atoms. The first-order valence-corrected chi connectivity index (χ1v) is 7.39. The number of hydrogen-bond donors (Lipinski definition) is 1. The van der Waals surface area contributed by atoms with Gasteiger partial charge in [0.25, 0.3) is 0 Å². The molecule has 4 heteroatoms. The Morgan fingerprint density at radius 2 is 2.00 bits per heavy atom. The smallest absolute Gasteiger partial charge is 0.187 e. The Balaban J connectivity index is 2.43. The third kappa shape index (κ3) is 5.50. The highest BCUT2D eigenvalue weighted by Crippen LogP contribution is 2.18. The lowest BCUT2D eigenvalue weighted by Gasteiger charge is -2.23. The summed E-state index contributed by atoms with van der Waals surface area (Å²) in [6.45, 7) is 7.84. The van der Waals surface area contributed by atoms with Gasteiger partial charge in [-0.25, -0.2) is 9.97 Å².